The van der Waals surface area contributed by atoms with Gasteiger partial charge in [0.05, 0.1) is 25.4 Å². The Morgan fingerprint density at radius 3 is 2.66 bits per heavy atom. The molecular formula is C19H21F5N8O3. The molecule has 2 unspecified atom stereocenters. The van der Waals surface area contributed by atoms with Crippen molar-refractivity contribution in [1.29, 1.82) is 0 Å². The Labute approximate surface area is 194 Å². The summed E-state index contributed by atoms with van der Waals surface area (Å²) in [5, 5.41) is 29.4. The summed E-state index contributed by atoms with van der Waals surface area (Å²) in [7, 11) is 1.54. The second-order valence-corrected chi connectivity index (χ2v) is 7.34. The van der Waals surface area contributed by atoms with Crippen LogP contribution in [0.4, 0.5) is 27.8 Å². The summed E-state index contributed by atoms with van der Waals surface area (Å²) in [4.78, 5) is 12.2. The van der Waals surface area contributed by atoms with Gasteiger partial charge >= 0.3 is 6.36 Å². The fourth-order valence-electron chi connectivity index (χ4n) is 2.95. The van der Waals surface area contributed by atoms with Gasteiger partial charge in [0.15, 0.2) is 12.0 Å². The van der Waals surface area contributed by atoms with E-state index < -0.39 is 42.7 Å². The number of aliphatic hydroxyl groups is 1. The topological polar surface area (TPSA) is 132 Å². The number of nitrogens with one attached hydrogen (secondary N) is 2. The molecular weight excluding hydrogens is 483 g/mol. The molecule has 0 fully saturated rings. The molecule has 190 valence electrons. The lowest BCUT2D eigenvalue weighted by Gasteiger charge is -2.10. The van der Waals surface area contributed by atoms with Crippen molar-refractivity contribution in [3.05, 3.63) is 47.7 Å². The Bertz CT molecular complexity index is 1140. The van der Waals surface area contributed by atoms with Gasteiger partial charge in [0.25, 0.3) is 0 Å². The van der Waals surface area contributed by atoms with Crippen LogP contribution >= 0.6 is 0 Å². The lowest BCUT2D eigenvalue weighted by molar-refractivity contribution is -0.274. The Balaban J connectivity index is 1.49. The minimum Gasteiger partial charge on any atom is -0.406 e. The molecule has 0 aliphatic carbocycles. The monoisotopic (exact) mass is 504 g/mol. The van der Waals surface area contributed by atoms with E-state index in [2.05, 4.69) is 36.0 Å². The van der Waals surface area contributed by atoms with Gasteiger partial charge in [-0.2, -0.15) is 0 Å². The third kappa shape index (κ3) is 7.96. The van der Waals surface area contributed by atoms with E-state index in [0.717, 1.165) is 22.9 Å². The fraction of sp³-hybridized carbons (Fsp3) is 0.421. The number of anilines is 1. The first-order valence-corrected chi connectivity index (χ1v) is 10.2. The Hall–Kier alpha value is -3.66. The van der Waals surface area contributed by atoms with Crippen LogP contribution in [0.15, 0.2) is 30.6 Å². The van der Waals surface area contributed by atoms with Gasteiger partial charge in [0, 0.05) is 18.5 Å². The second kappa shape index (κ2) is 11.2. The predicted molar refractivity (Wildman–Crippen MR) is 109 cm³/mol. The molecule has 0 aliphatic rings. The van der Waals surface area contributed by atoms with Crippen molar-refractivity contribution in [2.45, 2.75) is 44.7 Å². The Morgan fingerprint density at radius 2 is 1.94 bits per heavy atom. The summed E-state index contributed by atoms with van der Waals surface area (Å²) in [5.74, 6) is -2.38. The van der Waals surface area contributed by atoms with E-state index in [0.29, 0.717) is 5.69 Å². The largest absolute Gasteiger partial charge is 0.573 e. The van der Waals surface area contributed by atoms with Crippen molar-refractivity contribution in [2.75, 3.05) is 12.4 Å². The van der Waals surface area contributed by atoms with Gasteiger partial charge in [-0.25, -0.2) is 13.5 Å². The van der Waals surface area contributed by atoms with E-state index in [1.165, 1.54) is 17.1 Å². The van der Waals surface area contributed by atoms with Gasteiger partial charge in [-0.05, 0) is 25.2 Å². The van der Waals surface area contributed by atoms with Crippen LogP contribution in [0.5, 0.6) is 5.75 Å². The summed E-state index contributed by atoms with van der Waals surface area (Å²) in [5.41, 5.74) is -0.0296. The highest BCUT2D eigenvalue weighted by Crippen LogP contribution is 2.25. The summed E-state index contributed by atoms with van der Waals surface area (Å²) in [6.07, 6.45) is -5.12. The van der Waals surface area contributed by atoms with Crippen LogP contribution in [-0.4, -0.2) is 60.6 Å². The molecule has 1 aromatic carbocycles. The highest BCUT2D eigenvalue weighted by molar-refractivity contribution is 5.91. The molecule has 2 heterocycles. The van der Waals surface area contributed by atoms with Gasteiger partial charge in [-0.1, -0.05) is 10.4 Å². The first-order valence-electron chi connectivity index (χ1n) is 10.2. The van der Waals surface area contributed by atoms with Crippen molar-refractivity contribution >= 4 is 11.7 Å². The number of amides is 1. The van der Waals surface area contributed by atoms with E-state index >= 15 is 0 Å². The van der Waals surface area contributed by atoms with E-state index in [9.17, 15) is 31.9 Å². The van der Waals surface area contributed by atoms with E-state index in [-0.39, 0.29) is 30.9 Å². The molecule has 0 aliphatic heterocycles. The molecule has 0 saturated carbocycles. The molecule has 1 amide bonds. The molecule has 3 aromatic rings. The quantitative estimate of drug-likeness (QED) is 0.266. The van der Waals surface area contributed by atoms with Crippen LogP contribution in [0.25, 0.3) is 0 Å². The molecule has 0 bridgehead atoms. The maximum Gasteiger partial charge on any atom is 0.573 e. The molecule has 3 rings (SSSR count). The fourth-order valence-corrected chi connectivity index (χ4v) is 2.95. The van der Waals surface area contributed by atoms with Crippen molar-refractivity contribution in [2.24, 2.45) is 0 Å². The minimum atomic E-state index is -4.96. The second-order valence-electron chi connectivity index (χ2n) is 7.34. The van der Waals surface area contributed by atoms with Gasteiger partial charge in [0.1, 0.15) is 23.4 Å². The zero-order valence-electron chi connectivity index (χ0n) is 18.2. The number of carbonyl (C=O) groups is 1. The van der Waals surface area contributed by atoms with E-state index in [1.807, 2.05) is 0 Å². The number of hydrogen-bond acceptors (Lipinski definition) is 8. The summed E-state index contributed by atoms with van der Waals surface area (Å²) >= 11 is 0. The lowest BCUT2D eigenvalue weighted by atomic mass is 10.1. The third-order valence-corrected chi connectivity index (χ3v) is 4.57. The molecule has 16 heteroatoms. The number of rotatable bonds is 11. The minimum absolute atomic E-state index is 0.0488. The smallest absolute Gasteiger partial charge is 0.406 e. The number of carbonyl (C=O) groups excluding carboxylic acids is 1. The molecule has 3 N–H and O–H groups in total. The van der Waals surface area contributed by atoms with E-state index in [4.69, 9.17) is 0 Å². The number of hydrogen-bond donors (Lipinski definition) is 3. The first-order chi connectivity index (χ1) is 16.5. The summed E-state index contributed by atoms with van der Waals surface area (Å²) in [6.45, 7) is 0.000587. The standard InChI is InChI=1S/C19H21F5N8O3/c1-25-18(34)15-9-31(29-27-15)5-4-12(20)8-32-10-16(28-30-32)26-17(33)7-11-6-13(2-3-14(11)21)35-19(22,23)24/h2-3,6,9-10,12,18,25,34H,4-5,7-8H2,1H3,(H,26,33). The van der Waals surface area contributed by atoms with Crippen LogP contribution in [0.1, 0.15) is 23.9 Å². The number of halogens is 5. The number of aliphatic hydroxyl groups excluding tert-OH is 1. The van der Waals surface area contributed by atoms with Crippen LogP contribution in [0.2, 0.25) is 0 Å². The van der Waals surface area contributed by atoms with Gasteiger partial charge in [-0.3, -0.25) is 14.8 Å². The Kier molecular flexibility index (Phi) is 8.29. The maximum atomic E-state index is 14.3. The van der Waals surface area contributed by atoms with Gasteiger partial charge in [-0.15, -0.1) is 23.4 Å². The highest BCUT2D eigenvalue weighted by Gasteiger charge is 2.31. The number of aryl methyl sites for hydroxylation is 1. The van der Waals surface area contributed by atoms with Crippen LogP contribution in [-0.2, 0) is 24.3 Å². The van der Waals surface area contributed by atoms with Crippen molar-refractivity contribution in [3.8, 4) is 5.75 Å². The molecule has 2 aromatic heterocycles. The van der Waals surface area contributed by atoms with Crippen LogP contribution < -0.4 is 15.4 Å². The predicted octanol–water partition coefficient (Wildman–Crippen LogP) is 1.73. The number of ether oxygens (including phenoxy) is 1. The normalized spacial score (nSPS) is 13.5. The number of aromatic nitrogens is 6. The number of benzene rings is 1. The van der Waals surface area contributed by atoms with Gasteiger partial charge in [0.2, 0.25) is 5.91 Å². The lowest BCUT2D eigenvalue weighted by Crippen LogP contribution is -2.18. The average molecular weight is 504 g/mol. The van der Waals surface area contributed by atoms with Crippen LogP contribution in [0.3, 0.4) is 0 Å². The summed E-state index contributed by atoms with van der Waals surface area (Å²) in [6, 6.07) is 2.31. The SMILES string of the molecule is CNC(O)c1cn(CCC(F)Cn2cc(NC(=O)Cc3cc(OC(F)(F)F)ccc3F)nn2)nn1. The number of alkyl halides is 4. The zero-order chi connectivity index (χ0) is 25.6. The maximum absolute atomic E-state index is 14.3. The van der Waals surface area contributed by atoms with Gasteiger partial charge < -0.3 is 15.2 Å². The van der Waals surface area contributed by atoms with Crippen molar-refractivity contribution < 1.29 is 36.6 Å². The summed E-state index contributed by atoms with van der Waals surface area (Å²) < 4.78 is 71.5. The van der Waals surface area contributed by atoms with Crippen molar-refractivity contribution in [3.63, 3.8) is 0 Å². The molecule has 0 spiro atoms. The zero-order valence-corrected chi connectivity index (χ0v) is 18.2. The first kappa shape index (κ1) is 26.0. The van der Waals surface area contributed by atoms with Crippen molar-refractivity contribution in [1.82, 2.24) is 35.3 Å². The molecule has 0 saturated heterocycles. The molecule has 11 nitrogen and oxygen atoms in total. The molecule has 2 atom stereocenters. The average Bonchev–Trinajstić information content (AvgIpc) is 3.42. The highest BCUT2D eigenvalue weighted by atomic mass is 19.4. The van der Waals surface area contributed by atoms with Crippen LogP contribution in [0, 0.1) is 5.82 Å². The molecule has 0 radical (unpaired) electrons. The third-order valence-electron chi connectivity index (χ3n) is 4.57. The van der Waals surface area contributed by atoms with E-state index in [1.54, 1.807) is 7.05 Å². The Morgan fingerprint density at radius 1 is 1.20 bits per heavy atom. The molecule has 35 heavy (non-hydrogen) atoms. The number of nitrogens with zero attached hydrogens (tertiary/aromatic N) is 6.